The molecule has 3 N–H and O–H groups in total. The summed E-state index contributed by atoms with van der Waals surface area (Å²) in [4.78, 5) is 23.0. The Balaban J connectivity index is 2.59. The quantitative estimate of drug-likeness (QED) is 0.816. The maximum Gasteiger partial charge on any atom is 0.412 e. The first-order valence-electron chi connectivity index (χ1n) is 7.22. The lowest BCUT2D eigenvalue weighted by atomic mass is 10.0. The Kier molecular flexibility index (Phi) is 6.37. The van der Waals surface area contributed by atoms with E-state index in [-0.39, 0.29) is 12.4 Å². The molecule has 0 aliphatic rings. The number of anilines is 1. The summed E-state index contributed by atoms with van der Waals surface area (Å²) in [5.74, 6) is -0.328. The van der Waals surface area contributed by atoms with E-state index in [2.05, 4.69) is 5.32 Å². The normalized spacial score (nSPS) is 12.4. The zero-order chi connectivity index (χ0) is 16.8. The third-order valence-corrected chi connectivity index (χ3v) is 2.68. The number of ether oxygens (including phenoxy) is 2. The third-order valence-electron chi connectivity index (χ3n) is 2.68. The molecule has 1 amide bonds. The van der Waals surface area contributed by atoms with Gasteiger partial charge in [0.05, 0.1) is 13.0 Å². The van der Waals surface area contributed by atoms with Gasteiger partial charge in [-0.25, -0.2) is 4.79 Å². The van der Waals surface area contributed by atoms with Crippen LogP contribution < -0.4 is 11.1 Å². The van der Waals surface area contributed by atoms with Gasteiger partial charge in [0.1, 0.15) is 5.60 Å². The van der Waals surface area contributed by atoms with Gasteiger partial charge >= 0.3 is 12.1 Å². The Morgan fingerprint density at radius 3 is 2.32 bits per heavy atom. The van der Waals surface area contributed by atoms with E-state index in [9.17, 15) is 9.59 Å². The van der Waals surface area contributed by atoms with Gasteiger partial charge in [0.15, 0.2) is 0 Å². The van der Waals surface area contributed by atoms with Crippen molar-refractivity contribution in [3.63, 3.8) is 0 Å². The van der Waals surface area contributed by atoms with E-state index in [1.807, 2.05) is 0 Å². The van der Waals surface area contributed by atoms with Crippen molar-refractivity contribution < 1.29 is 19.1 Å². The Bertz CT molecular complexity index is 506. The van der Waals surface area contributed by atoms with Gasteiger partial charge in [0.2, 0.25) is 0 Å². The average molecular weight is 308 g/mol. The van der Waals surface area contributed by atoms with Crippen molar-refractivity contribution >= 4 is 17.7 Å². The largest absolute Gasteiger partial charge is 0.466 e. The number of benzene rings is 1. The Morgan fingerprint density at radius 1 is 1.23 bits per heavy atom. The van der Waals surface area contributed by atoms with Gasteiger partial charge in [-0.1, -0.05) is 12.1 Å². The molecule has 0 aromatic heterocycles. The minimum absolute atomic E-state index is 0.118. The number of carbonyl (C=O) groups excluding carboxylic acids is 2. The summed E-state index contributed by atoms with van der Waals surface area (Å²) < 4.78 is 10.0. The molecule has 6 heteroatoms. The average Bonchev–Trinajstić information content (AvgIpc) is 2.37. The molecule has 1 aromatic rings. The van der Waals surface area contributed by atoms with Crippen molar-refractivity contribution in [2.75, 3.05) is 11.9 Å². The first kappa shape index (κ1) is 18.0. The molecular weight excluding hydrogens is 284 g/mol. The maximum absolute atomic E-state index is 11.6. The second kappa shape index (κ2) is 7.79. The van der Waals surface area contributed by atoms with Crippen LogP contribution in [-0.4, -0.2) is 24.3 Å². The van der Waals surface area contributed by atoms with E-state index in [1.54, 1.807) is 52.0 Å². The van der Waals surface area contributed by atoms with E-state index in [0.29, 0.717) is 12.3 Å². The molecule has 0 spiro atoms. The van der Waals surface area contributed by atoms with E-state index in [0.717, 1.165) is 5.56 Å². The monoisotopic (exact) mass is 308 g/mol. The number of amides is 1. The zero-order valence-corrected chi connectivity index (χ0v) is 13.5. The van der Waals surface area contributed by atoms with Gasteiger partial charge < -0.3 is 15.2 Å². The predicted octanol–water partition coefficient (Wildman–Crippen LogP) is 2.99. The number of nitrogens with one attached hydrogen (secondary N) is 1. The zero-order valence-electron chi connectivity index (χ0n) is 13.5. The fraction of sp³-hybridized carbons (Fsp3) is 0.500. The highest BCUT2D eigenvalue weighted by Crippen LogP contribution is 2.18. The Labute approximate surface area is 131 Å². The maximum atomic E-state index is 11.6. The summed E-state index contributed by atoms with van der Waals surface area (Å²) in [6.45, 7) is 7.48. The lowest BCUT2D eigenvalue weighted by Crippen LogP contribution is -2.27. The second-order valence-electron chi connectivity index (χ2n) is 5.86. The van der Waals surface area contributed by atoms with Crippen LogP contribution in [0.15, 0.2) is 24.3 Å². The van der Waals surface area contributed by atoms with Gasteiger partial charge in [-0.3, -0.25) is 10.1 Å². The fourth-order valence-corrected chi connectivity index (χ4v) is 1.75. The molecule has 0 saturated heterocycles. The Hall–Kier alpha value is -2.08. The van der Waals surface area contributed by atoms with Crippen LogP contribution in [0.5, 0.6) is 0 Å². The van der Waals surface area contributed by atoms with Crippen molar-refractivity contribution in [2.45, 2.75) is 45.8 Å². The van der Waals surface area contributed by atoms with Gasteiger partial charge in [-0.2, -0.15) is 0 Å². The smallest absolute Gasteiger partial charge is 0.412 e. The number of rotatable bonds is 5. The summed E-state index contributed by atoms with van der Waals surface area (Å²) in [6, 6.07) is 6.51. The number of nitrogens with two attached hydrogens (primary N) is 1. The van der Waals surface area contributed by atoms with Crippen molar-refractivity contribution in [3.8, 4) is 0 Å². The van der Waals surface area contributed by atoms with E-state index >= 15 is 0 Å². The molecule has 0 unspecified atom stereocenters. The number of esters is 1. The standard InChI is InChI=1S/C16H24N2O4/c1-5-21-14(19)10-13(17)11-6-8-12(9-7-11)18-15(20)22-16(2,3)4/h6-9,13H,5,10,17H2,1-4H3,(H,18,20)/t13-/m0/s1. The van der Waals surface area contributed by atoms with E-state index in [4.69, 9.17) is 15.2 Å². The second-order valence-corrected chi connectivity index (χ2v) is 5.86. The summed E-state index contributed by atoms with van der Waals surface area (Å²) in [6.07, 6.45) is -0.400. The molecule has 6 nitrogen and oxygen atoms in total. The highest BCUT2D eigenvalue weighted by molar-refractivity contribution is 5.84. The SMILES string of the molecule is CCOC(=O)C[C@H](N)c1ccc(NC(=O)OC(C)(C)C)cc1. The third kappa shape index (κ3) is 6.58. The van der Waals surface area contributed by atoms with Gasteiger partial charge in [0.25, 0.3) is 0 Å². The molecule has 22 heavy (non-hydrogen) atoms. The van der Waals surface area contributed by atoms with Crippen LogP contribution in [-0.2, 0) is 14.3 Å². The van der Waals surface area contributed by atoms with Crippen LogP contribution in [0.1, 0.15) is 45.7 Å². The molecule has 0 bridgehead atoms. The fourth-order valence-electron chi connectivity index (χ4n) is 1.75. The van der Waals surface area contributed by atoms with Crippen LogP contribution >= 0.6 is 0 Å². The molecule has 0 radical (unpaired) electrons. The minimum Gasteiger partial charge on any atom is -0.466 e. The van der Waals surface area contributed by atoms with Crippen molar-refractivity contribution in [1.82, 2.24) is 0 Å². The number of hydrogen-bond acceptors (Lipinski definition) is 5. The molecule has 1 rings (SSSR count). The molecule has 1 aromatic carbocycles. The summed E-state index contributed by atoms with van der Waals surface area (Å²) in [7, 11) is 0. The predicted molar refractivity (Wildman–Crippen MR) is 84.5 cm³/mol. The summed E-state index contributed by atoms with van der Waals surface area (Å²) in [5.41, 5.74) is 6.79. The van der Waals surface area contributed by atoms with E-state index in [1.165, 1.54) is 0 Å². The van der Waals surface area contributed by atoms with Gasteiger partial charge in [-0.15, -0.1) is 0 Å². The lowest BCUT2D eigenvalue weighted by Gasteiger charge is -2.19. The molecule has 0 saturated carbocycles. The van der Waals surface area contributed by atoms with Crippen molar-refractivity contribution in [1.29, 1.82) is 0 Å². The van der Waals surface area contributed by atoms with Crippen molar-refractivity contribution in [2.24, 2.45) is 5.73 Å². The highest BCUT2D eigenvalue weighted by atomic mass is 16.6. The first-order chi connectivity index (χ1) is 10.2. The highest BCUT2D eigenvalue weighted by Gasteiger charge is 2.16. The lowest BCUT2D eigenvalue weighted by molar-refractivity contribution is -0.143. The molecule has 0 fully saturated rings. The molecular formula is C16H24N2O4. The van der Waals surface area contributed by atoms with Crippen LogP contribution in [0.3, 0.4) is 0 Å². The first-order valence-corrected chi connectivity index (χ1v) is 7.22. The number of hydrogen-bond donors (Lipinski definition) is 2. The molecule has 0 aliphatic heterocycles. The summed E-state index contributed by atoms with van der Waals surface area (Å²) in [5, 5.41) is 2.63. The number of carbonyl (C=O) groups is 2. The van der Waals surface area contributed by atoms with E-state index < -0.39 is 17.7 Å². The van der Waals surface area contributed by atoms with Gasteiger partial charge in [0, 0.05) is 11.7 Å². The molecule has 122 valence electrons. The minimum atomic E-state index is -0.550. The summed E-state index contributed by atoms with van der Waals surface area (Å²) >= 11 is 0. The van der Waals surface area contributed by atoms with Crippen LogP contribution in [0.25, 0.3) is 0 Å². The van der Waals surface area contributed by atoms with Crippen LogP contribution in [0.2, 0.25) is 0 Å². The van der Waals surface area contributed by atoms with Gasteiger partial charge in [-0.05, 0) is 45.4 Å². The topological polar surface area (TPSA) is 90.6 Å². The molecule has 0 heterocycles. The molecule has 0 aliphatic carbocycles. The van der Waals surface area contributed by atoms with Crippen LogP contribution in [0, 0.1) is 0 Å². The molecule has 1 atom stereocenters. The van der Waals surface area contributed by atoms with Crippen molar-refractivity contribution in [3.05, 3.63) is 29.8 Å². The van der Waals surface area contributed by atoms with Crippen LogP contribution in [0.4, 0.5) is 10.5 Å². The Morgan fingerprint density at radius 2 is 1.82 bits per heavy atom.